The molecule has 0 saturated carbocycles. The molecule has 1 aromatic carbocycles. The molecule has 1 saturated heterocycles. The number of nitrogens with one attached hydrogen (secondary N) is 1. The Bertz CT molecular complexity index is 717. The molecule has 2 heterocycles. The van der Waals surface area contributed by atoms with E-state index in [4.69, 9.17) is 4.52 Å². The lowest BCUT2D eigenvalue weighted by Crippen LogP contribution is -2.29. The predicted octanol–water partition coefficient (Wildman–Crippen LogP) is 3.54. The van der Waals surface area contributed by atoms with Crippen molar-refractivity contribution in [2.75, 3.05) is 20.1 Å². The van der Waals surface area contributed by atoms with Crippen molar-refractivity contribution in [2.45, 2.75) is 45.1 Å². The lowest BCUT2D eigenvalue weighted by Gasteiger charge is -2.24. The van der Waals surface area contributed by atoms with E-state index in [9.17, 15) is 4.79 Å². The van der Waals surface area contributed by atoms with Gasteiger partial charge in [-0.05, 0) is 43.0 Å². The SMILES string of the molecule is CC(C)c1cc(CN(C)C(=O)c2cccc(C3CCCNC3)c2)no1. The van der Waals surface area contributed by atoms with E-state index in [-0.39, 0.29) is 5.91 Å². The van der Waals surface area contributed by atoms with Crippen LogP contribution in [0.4, 0.5) is 0 Å². The zero-order chi connectivity index (χ0) is 17.8. The summed E-state index contributed by atoms with van der Waals surface area (Å²) < 4.78 is 5.32. The Labute approximate surface area is 149 Å². The van der Waals surface area contributed by atoms with Crippen LogP contribution in [-0.4, -0.2) is 36.1 Å². The Kier molecular flexibility index (Phi) is 5.53. The van der Waals surface area contributed by atoms with Gasteiger partial charge < -0.3 is 14.7 Å². The van der Waals surface area contributed by atoms with Crippen molar-refractivity contribution in [1.29, 1.82) is 0 Å². The second kappa shape index (κ2) is 7.83. The molecule has 1 aromatic heterocycles. The molecule has 2 aromatic rings. The van der Waals surface area contributed by atoms with Crippen LogP contribution in [-0.2, 0) is 6.54 Å². The first-order chi connectivity index (χ1) is 12.0. The molecule has 1 unspecified atom stereocenters. The smallest absolute Gasteiger partial charge is 0.253 e. The Morgan fingerprint density at radius 3 is 2.92 bits per heavy atom. The van der Waals surface area contributed by atoms with Gasteiger partial charge in [0.1, 0.15) is 11.5 Å². The van der Waals surface area contributed by atoms with Gasteiger partial charge in [-0.15, -0.1) is 0 Å². The number of carbonyl (C=O) groups is 1. The van der Waals surface area contributed by atoms with Crippen molar-refractivity contribution >= 4 is 5.91 Å². The maximum absolute atomic E-state index is 12.8. The Morgan fingerprint density at radius 1 is 1.40 bits per heavy atom. The predicted molar refractivity (Wildman–Crippen MR) is 97.7 cm³/mol. The number of hydrogen-bond donors (Lipinski definition) is 1. The van der Waals surface area contributed by atoms with Crippen LogP contribution in [0.25, 0.3) is 0 Å². The molecule has 1 fully saturated rings. The minimum Gasteiger partial charge on any atom is -0.361 e. The molecular weight excluding hydrogens is 314 g/mol. The minimum atomic E-state index is 0.0136. The van der Waals surface area contributed by atoms with Crippen molar-refractivity contribution in [3.63, 3.8) is 0 Å². The van der Waals surface area contributed by atoms with Crippen LogP contribution in [0.2, 0.25) is 0 Å². The Balaban J connectivity index is 1.68. The number of piperidine rings is 1. The average Bonchev–Trinajstić information content (AvgIpc) is 3.11. The molecule has 25 heavy (non-hydrogen) atoms. The summed E-state index contributed by atoms with van der Waals surface area (Å²) >= 11 is 0. The Morgan fingerprint density at radius 2 is 2.24 bits per heavy atom. The number of aromatic nitrogens is 1. The number of rotatable bonds is 5. The number of carbonyl (C=O) groups excluding carboxylic acids is 1. The molecule has 134 valence electrons. The van der Waals surface area contributed by atoms with E-state index in [1.54, 1.807) is 11.9 Å². The normalized spacial score (nSPS) is 17.7. The van der Waals surface area contributed by atoms with Gasteiger partial charge in [0, 0.05) is 31.1 Å². The first-order valence-electron chi connectivity index (χ1n) is 9.06. The molecule has 1 atom stereocenters. The van der Waals surface area contributed by atoms with Gasteiger partial charge in [0.2, 0.25) is 0 Å². The van der Waals surface area contributed by atoms with Gasteiger partial charge in [-0.3, -0.25) is 4.79 Å². The second-order valence-corrected chi connectivity index (χ2v) is 7.21. The van der Waals surface area contributed by atoms with E-state index in [0.717, 1.165) is 30.1 Å². The van der Waals surface area contributed by atoms with Gasteiger partial charge in [0.25, 0.3) is 5.91 Å². The topological polar surface area (TPSA) is 58.4 Å². The van der Waals surface area contributed by atoms with Crippen molar-refractivity contribution in [2.24, 2.45) is 0 Å². The fraction of sp³-hybridized carbons (Fsp3) is 0.500. The number of benzene rings is 1. The zero-order valence-corrected chi connectivity index (χ0v) is 15.3. The van der Waals surface area contributed by atoms with Gasteiger partial charge in [-0.2, -0.15) is 0 Å². The first kappa shape index (κ1) is 17.7. The molecule has 0 radical (unpaired) electrons. The van der Waals surface area contributed by atoms with E-state index in [0.29, 0.717) is 18.4 Å². The summed E-state index contributed by atoms with van der Waals surface area (Å²) in [7, 11) is 1.81. The highest BCUT2D eigenvalue weighted by atomic mass is 16.5. The average molecular weight is 341 g/mol. The second-order valence-electron chi connectivity index (χ2n) is 7.21. The summed E-state index contributed by atoms with van der Waals surface area (Å²) in [5.74, 6) is 1.65. The van der Waals surface area contributed by atoms with Crippen LogP contribution < -0.4 is 5.32 Å². The van der Waals surface area contributed by atoms with Crippen LogP contribution in [0.15, 0.2) is 34.9 Å². The fourth-order valence-corrected chi connectivity index (χ4v) is 3.27. The fourth-order valence-electron chi connectivity index (χ4n) is 3.27. The van der Waals surface area contributed by atoms with E-state index < -0.39 is 0 Å². The molecule has 5 heteroatoms. The lowest BCUT2D eigenvalue weighted by atomic mass is 9.90. The van der Waals surface area contributed by atoms with E-state index in [1.165, 1.54) is 18.4 Å². The van der Waals surface area contributed by atoms with Gasteiger partial charge in [-0.1, -0.05) is 31.1 Å². The summed E-state index contributed by atoms with van der Waals surface area (Å²) in [4.78, 5) is 14.5. The molecular formula is C20H27N3O2. The van der Waals surface area contributed by atoms with Gasteiger partial charge >= 0.3 is 0 Å². The van der Waals surface area contributed by atoms with Gasteiger partial charge in [-0.25, -0.2) is 0 Å². The highest BCUT2D eigenvalue weighted by molar-refractivity contribution is 5.94. The number of hydrogen-bond acceptors (Lipinski definition) is 4. The molecule has 0 aliphatic carbocycles. The molecule has 5 nitrogen and oxygen atoms in total. The largest absolute Gasteiger partial charge is 0.361 e. The van der Waals surface area contributed by atoms with E-state index >= 15 is 0 Å². The summed E-state index contributed by atoms with van der Waals surface area (Å²) in [5, 5.41) is 7.50. The van der Waals surface area contributed by atoms with Crippen molar-refractivity contribution < 1.29 is 9.32 Å². The maximum Gasteiger partial charge on any atom is 0.253 e. The highest BCUT2D eigenvalue weighted by Gasteiger charge is 2.19. The maximum atomic E-state index is 12.8. The molecule has 3 rings (SSSR count). The lowest BCUT2D eigenvalue weighted by molar-refractivity contribution is 0.0782. The highest BCUT2D eigenvalue weighted by Crippen LogP contribution is 2.24. The molecule has 0 spiro atoms. The van der Waals surface area contributed by atoms with Crippen LogP contribution in [0, 0.1) is 0 Å². The van der Waals surface area contributed by atoms with Crippen LogP contribution >= 0.6 is 0 Å². The number of amides is 1. The van der Waals surface area contributed by atoms with Crippen LogP contribution in [0.5, 0.6) is 0 Å². The van der Waals surface area contributed by atoms with Crippen molar-refractivity contribution in [3.05, 3.63) is 52.9 Å². The van der Waals surface area contributed by atoms with E-state index in [1.807, 2.05) is 24.3 Å². The summed E-state index contributed by atoms with van der Waals surface area (Å²) in [6.45, 7) is 6.65. The van der Waals surface area contributed by atoms with Crippen molar-refractivity contribution in [3.8, 4) is 0 Å². The monoisotopic (exact) mass is 341 g/mol. The molecule has 1 aliphatic heterocycles. The minimum absolute atomic E-state index is 0.0136. The van der Waals surface area contributed by atoms with Crippen molar-refractivity contribution in [1.82, 2.24) is 15.4 Å². The van der Waals surface area contributed by atoms with Gasteiger partial charge in [0.05, 0.1) is 6.54 Å². The summed E-state index contributed by atoms with van der Waals surface area (Å²) in [6.07, 6.45) is 2.37. The first-order valence-corrected chi connectivity index (χ1v) is 9.06. The third-order valence-corrected chi connectivity index (χ3v) is 4.79. The quantitative estimate of drug-likeness (QED) is 0.904. The summed E-state index contributed by atoms with van der Waals surface area (Å²) in [5.41, 5.74) is 2.76. The third kappa shape index (κ3) is 4.28. The van der Waals surface area contributed by atoms with E-state index in [2.05, 4.69) is 30.4 Å². The standard InChI is InChI=1S/C20H27N3O2/c1-14(2)19-11-18(22-25-19)13-23(3)20(24)16-7-4-6-15(10-16)17-8-5-9-21-12-17/h4,6-7,10-11,14,17,21H,5,8-9,12-13H2,1-3H3. The van der Waals surface area contributed by atoms with Crippen LogP contribution in [0.1, 0.15) is 65.9 Å². The molecule has 1 aliphatic rings. The van der Waals surface area contributed by atoms with Gasteiger partial charge in [0.15, 0.2) is 0 Å². The van der Waals surface area contributed by atoms with Crippen LogP contribution in [0.3, 0.4) is 0 Å². The Hall–Kier alpha value is -2.14. The molecule has 1 N–H and O–H groups in total. The third-order valence-electron chi connectivity index (χ3n) is 4.79. The zero-order valence-electron chi connectivity index (χ0n) is 15.3. The number of nitrogens with zero attached hydrogens (tertiary/aromatic N) is 2. The summed E-state index contributed by atoms with van der Waals surface area (Å²) in [6, 6.07) is 9.97. The molecule has 1 amide bonds. The molecule has 0 bridgehead atoms.